The molecule has 4 heteroatoms. The lowest BCUT2D eigenvalue weighted by Crippen LogP contribution is -2.18. The van der Waals surface area contributed by atoms with Gasteiger partial charge >= 0.3 is 11.9 Å². The fraction of sp³-hybridized carbons (Fsp3) is 0.818. The van der Waals surface area contributed by atoms with E-state index in [2.05, 4.69) is 38.2 Å². The maximum Gasteiger partial charge on any atom is 0.306 e. The Hall–Kier alpha value is -1.58. The van der Waals surface area contributed by atoms with Gasteiger partial charge in [0.05, 0.1) is 0 Å². The Morgan fingerprint density at radius 3 is 1.68 bits per heavy atom. The molecule has 0 bridgehead atoms. The Kier molecular flexibility index (Phi) is 27.7. The standard InChI is InChI=1S/C33H60O4/c1-3-5-6-7-8-9-10-11-12-13-14-15-20-23-26-30-33(36)37-31(27-4-2)28-24-21-18-16-17-19-22-25-29-32(34)35/h8-9,11-12,31H,3-7,10,13-30H2,1-2H3,(H,34,35)/b9-8-,12-11-. The average Bonchev–Trinajstić information content (AvgIpc) is 2.87. The first-order valence-corrected chi connectivity index (χ1v) is 15.8. The zero-order valence-electron chi connectivity index (χ0n) is 24.5. The molecular weight excluding hydrogens is 460 g/mol. The Balaban J connectivity index is 3.63. The normalized spacial score (nSPS) is 12.5. The molecule has 0 aliphatic carbocycles. The van der Waals surface area contributed by atoms with Crippen molar-refractivity contribution in [2.45, 2.75) is 174 Å². The van der Waals surface area contributed by atoms with Gasteiger partial charge in [-0.3, -0.25) is 9.59 Å². The molecule has 0 aromatic rings. The first kappa shape index (κ1) is 35.4. The molecule has 0 saturated carbocycles. The highest BCUT2D eigenvalue weighted by molar-refractivity contribution is 5.69. The Morgan fingerprint density at radius 2 is 1.11 bits per heavy atom. The van der Waals surface area contributed by atoms with Crippen molar-refractivity contribution in [2.24, 2.45) is 0 Å². The van der Waals surface area contributed by atoms with E-state index in [1.807, 2.05) is 0 Å². The van der Waals surface area contributed by atoms with Gasteiger partial charge in [-0.2, -0.15) is 0 Å². The summed E-state index contributed by atoms with van der Waals surface area (Å²) in [7, 11) is 0. The minimum Gasteiger partial charge on any atom is -0.481 e. The quantitative estimate of drug-likeness (QED) is 0.0633. The molecule has 0 amide bonds. The summed E-state index contributed by atoms with van der Waals surface area (Å²) in [6.07, 6.45) is 35.2. The number of allylic oxidation sites excluding steroid dienone is 4. The van der Waals surface area contributed by atoms with E-state index in [9.17, 15) is 9.59 Å². The van der Waals surface area contributed by atoms with Crippen molar-refractivity contribution in [3.8, 4) is 0 Å². The lowest BCUT2D eigenvalue weighted by atomic mass is 10.0. The van der Waals surface area contributed by atoms with Crippen LogP contribution in [0.5, 0.6) is 0 Å². The van der Waals surface area contributed by atoms with Crippen LogP contribution >= 0.6 is 0 Å². The van der Waals surface area contributed by atoms with Crippen LogP contribution < -0.4 is 0 Å². The SMILES string of the molecule is CCCCC/C=C\C/C=C\CCCCCCCC(=O)OC(CCC)CCCCCCCCCCC(=O)O. The van der Waals surface area contributed by atoms with Crippen molar-refractivity contribution < 1.29 is 19.4 Å². The summed E-state index contributed by atoms with van der Waals surface area (Å²) in [5, 5.41) is 8.65. The molecule has 4 nitrogen and oxygen atoms in total. The van der Waals surface area contributed by atoms with Gasteiger partial charge in [0.2, 0.25) is 0 Å². The number of hydrogen-bond donors (Lipinski definition) is 1. The van der Waals surface area contributed by atoms with Gasteiger partial charge < -0.3 is 9.84 Å². The van der Waals surface area contributed by atoms with Gasteiger partial charge in [0.25, 0.3) is 0 Å². The molecule has 1 atom stereocenters. The third-order valence-corrected chi connectivity index (χ3v) is 6.91. The molecule has 0 radical (unpaired) electrons. The number of rotatable bonds is 28. The van der Waals surface area contributed by atoms with E-state index in [0.29, 0.717) is 12.8 Å². The van der Waals surface area contributed by atoms with E-state index in [4.69, 9.17) is 9.84 Å². The van der Waals surface area contributed by atoms with Crippen LogP contribution in [0.15, 0.2) is 24.3 Å². The summed E-state index contributed by atoms with van der Waals surface area (Å²) in [5.74, 6) is -0.696. The van der Waals surface area contributed by atoms with E-state index < -0.39 is 5.97 Å². The number of carbonyl (C=O) groups is 2. The maximum atomic E-state index is 12.3. The van der Waals surface area contributed by atoms with Crippen LogP contribution in [0.25, 0.3) is 0 Å². The van der Waals surface area contributed by atoms with Gasteiger partial charge in [-0.1, -0.05) is 115 Å². The van der Waals surface area contributed by atoms with E-state index in [-0.39, 0.29) is 12.1 Å². The molecule has 0 saturated heterocycles. The third kappa shape index (κ3) is 28.8. The lowest BCUT2D eigenvalue weighted by molar-refractivity contribution is -0.150. The smallest absolute Gasteiger partial charge is 0.306 e. The van der Waals surface area contributed by atoms with Gasteiger partial charge in [0, 0.05) is 12.8 Å². The minimum absolute atomic E-state index is 0.00880. The van der Waals surface area contributed by atoms with Crippen molar-refractivity contribution in [1.82, 2.24) is 0 Å². The van der Waals surface area contributed by atoms with Crippen molar-refractivity contribution in [3.63, 3.8) is 0 Å². The predicted octanol–water partition coefficient (Wildman–Crippen LogP) is 10.5. The number of esters is 1. The number of ether oxygens (including phenoxy) is 1. The highest BCUT2D eigenvalue weighted by Crippen LogP contribution is 2.16. The topological polar surface area (TPSA) is 63.6 Å². The molecule has 0 heterocycles. The number of carbonyl (C=O) groups excluding carboxylic acids is 1. The Labute approximate surface area is 229 Å². The summed E-state index contributed by atoms with van der Waals surface area (Å²) >= 11 is 0. The number of hydrogen-bond acceptors (Lipinski definition) is 3. The van der Waals surface area contributed by atoms with Crippen LogP contribution in [0.4, 0.5) is 0 Å². The Morgan fingerprint density at radius 1 is 0.595 bits per heavy atom. The van der Waals surface area contributed by atoms with Gasteiger partial charge in [0.1, 0.15) is 6.10 Å². The van der Waals surface area contributed by atoms with Crippen LogP contribution in [-0.2, 0) is 14.3 Å². The van der Waals surface area contributed by atoms with Gasteiger partial charge in [-0.05, 0) is 64.2 Å². The zero-order chi connectivity index (χ0) is 27.2. The molecule has 0 rings (SSSR count). The third-order valence-electron chi connectivity index (χ3n) is 6.91. The second-order valence-corrected chi connectivity index (χ2v) is 10.6. The summed E-state index contributed by atoms with van der Waals surface area (Å²) in [6, 6.07) is 0. The van der Waals surface area contributed by atoms with Crippen molar-refractivity contribution in [2.75, 3.05) is 0 Å². The van der Waals surface area contributed by atoms with E-state index >= 15 is 0 Å². The molecule has 0 aromatic heterocycles. The monoisotopic (exact) mass is 520 g/mol. The van der Waals surface area contributed by atoms with Gasteiger partial charge in [-0.15, -0.1) is 0 Å². The van der Waals surface area contributed by atoms with Crippen LogP contribution in [0, 0.1) is 0 Å². The largest absolute Gasteiger partial charge is 0.481 e. The van der Waals surface area contributed by atoms with Crippen LogP contribution in [-0.4, -0.2) is 23.1 Å². The first-order chi connectivity index (χ1) is 18.1. The summed E-state index contributed by atoms with van der Waals surface area (Å²) in [4.78, 5) is 22.8. The molecule has 1 unspecified atom stereocenters. The summed E-state index contributed by atoms with van der Waals surface area (Å²) < 4.78 is 5.80. The van der Waals surface area contributed by atoms with Crippen LogP contribution in [0.3, 0.4) is 0 Å². The van der Waals surface area contributed by atoms with Crippen molar-refractivity contribution in [1.29, 1.82) is 0 Å². The highest BCUT2D eigenvalue weighted by atomic mass is 16.5. The van der Waals surface area contributed by atoms with Crippen LogP contribution in [0.1, 0.15) is 168 Å². The number of unbranched alkanes of at least 4 members (excludes halogenated alkanes) is 15. The summed E-state index contributed by atoms with van der Waals surface area (Å²) in [6.45, 7) is 4.40. The second kappa shape index (κ2) is 29.0. The van der Waals surface area contributed by atoms with Crippen LogP contribution in [0.2, 0.25) is 0 Å². The van der Waals surface area contributed by atoms with Gasteiger partial charge in [-0.25, -0.2) is 0 Å². The van der Waals surface area contributed by atoms with E-state index in [0.717, 1.165) is 70.6 Å². The first-order valence-electron chi connectivity index (χ1n) is 15.8. The number of carboxylic acids is 1. The molecule has 0 aliphatic heterocycles. The van der Waals surface area contributed by atoms with E-state index in [1.54, 1.807) is 0 Å². The molecule has 0 aromatic carbocycles. The number of carboxylic acid groups (broad SMARTS) is 1. The van der Waals surface area contributed by atoms with Crippen molar-refractivity contribution >= 4 is 11.9 Å². The molecule has 37 heavy (non-hydrogen) atoms. The van der Waals surface area contributed by atoms with Gasteiger partial charge in [0.15, 0.2) is 0 Å². The molecule has 0 aliphatic rings. The molecule has 216 valence electrons. The zero-order valence-corrected chi connectivity index (χ0v) is 24.5. The summed E-state index contributed by atoms with van der Waals surface area (Å²) in [5.41, 5.74) is 0. The van der Waals surface area contributed by atoms with Crippen molar-refractivity contribution in [3.05, 3.63) is 24.3 Å². The molecular formula is C33H60O4. The molecule has 0 spiro atoms. The predicted molar refractivity (Wildman–Crippen MR) is 158 cm³/mol. The fourth-order valence-corrected chi connectivity index (χ4v) is 4.62. The molecule has 0 fully saturated rings. The fourth-order valence-electron chi connectivity index (χ4n) is 4.62. The maximum absolute atomic E-state index is 12.3. The Bertz CT molecular complexity index is 567. The lowest BCUT2D eigenvalue weighted by Gasteiger charge is -2.17. The van der Waals surface area contributed by atoms with E-state index in [1.165, 1.54) is 70.6 Å². The molecule has 1 N–H and O–H groups in total. The second-order valence-electron chi connectivity index (χ2n) is 10.6. The highest BCUT2D eigenvalue weighted by Gasteiger charge is 2.13. The number of aliphatic carboxylic acids is 1. The average molecular weight is 521 g/mol. The minimum atomic E-state index is -0.687.